The summed E-state index contributed by atoms with van der Waals surface area (Å²) in [7, 11) is 3.55. The van der Waals surface area contributed by atoms with Crippen molar-refractivity contribution in [1.82, 2.24) is 10.2 Å². The van der Waals surface area contributed by atoms with E-state index in [1.54, 1.807) is 19.0 Å². The van der Waals surface area contributed by atoms with Gasteiger partial charge in [0.05, 0.1) is 0 Å². The molecule has 13 heavy (non-hydrogen) atoms. The number of nitrogens with zero attached hydrogens (tertiary/aromatic N) is 1. The minimum atomic E-state index is 0.0330. The molecule has 0 aromatic heterocycles. The van der Waals surface area contributed by atoms with Gasteiger partial charge in [0.15, 0.2) is 0 Å². The van der Waals surface area contributed by atoms with Crippen LogP contribution in [0.4, 0.5) is 4.79 Å². The van der Waals surface area contributed by atoms with Crippen LogP contribution in [-0.2, 0) is 0 Å². The van der Waals surface area contributed by atoms with Gasteiger partial charge in [-0.1, -0.05) is 13.8 Å². The largest absolute Gasteiger partial charge is 0.335 e. The van der Waals surface area contributed by atoms with Crippen LogP contribution in [0.15, 0.2) is 0 Å². The Labute approximate surface area is 80.5 Å². The maximum absolute atomic E-state index is 11.4. The SMILES string of the molecule is CC1CCC(C)C1NC(=O)N(C)C. The van der Waals surface area contributed by atoms with Crippen LogP contribution in [0.25, 0.3) is 0 Å². The van der Waals surface area contributed by atoms with Crippen LogP contribution >= 0.6 is 0 Å². The van der Waals surface area contributed by atoms with Crippen LogP contribution in [-0.4, -0.2) is 31.1 Å². The number of carbonyl (C=O) groups is 1. The highest BCUT2D eigenvalue weighted by Gasteiger charge is 2.31. The normalized spacial score (nSPS) is 33.1. The lowest BCUT2D eigenvalue weighted by Crippen LogP contribution is -2.44. The van der Waals surface area contributed by atoms with Gasteiger partial charge in [0, 0.05) is 20.1 Å². The van der Waals surface area contributed by atoms with Crippen molar-refractivity contribution in [2.45, 2.75) is 32.7 Å². The molecule has 0 saturated heterocycles. The van der Waals surface area contributed by atoms with E-state index in [0.29, 0.717) is 17.9 Å². The van der Waals surface area contributed by atoms with E-state index in [0.717, 1.165) is 0 Å². The summed E-state index contributed by atoms with van der Waals surface area (Å²) in [6, 6.07) is 0.403. The van der Waals surface area contributed by atoms with Crippen LogP contribution in [0.3, 0.4) is 0 Å². The van der Waals surface area contributed by atoms with Crippen LogP contribution in [0.5, 0.6) is 0 Å². The zero-order chi connectivity index (χ0) is 10.0. The van der Waals surface area contributed by atoms with Crippen LogP contribution in [0.1, 0.15) is 26.7 Å². The average molecular weight is 184 g/mol. The van der Waals surface area contributed by atoms with E-state index >= 15 is 0 Å². The van der Waals surface area contributed by atoms with Gasteiger partial charge in [-0.05, 0) is 24.7 Å². The lowest BCUT2D eigenvalue weighted by atomic mass is 10.0. The summed E-state index contributed by atoms with van der Waals surface area (Å²) >= 11 is 0. The molecule has 0 aromatic carbocycles. The van der Waals surface area contributed by atoms with Gasteiger partial charge >= 0.3 is 6.03 Å². The fourth-order valence-electron chi connectivity index (χ4n) is 2.00. The second-order valence-electron chi connectivity index (χ2n) is 4.40. The van der Waals surface area contributed by atoms with Gasteiger partial charge in [0.2, 0.25) is 0 Å². The maximum Gasteiger partial charge on any atom is 0.317 e. The van der Waals surface area contributed by atoms with E-state index in [4.69, 9.17) is 0 Å². The molecule has 1 aliphatic rings. The minimum Gasteiger partial charge on any atom is -0.335 e. The summed E-state index contributed by atoms with van der Waals surface area (Å²) in [5.74, 6) is 1.25. The van der Waals surface area contributed by atoms with Gasteiger partial charge in [-0.25, -0.2) is 4.79 Å². The van der Waals surface area contributed by atoms with Crippen LogP contribution in [0.2, 0.25) is 0 Å². The smallest absolute Gasteiger partial charge is 0.317 e. The summed E-state index contributed by atoms with van der Waals surface area (Å²) in [6.45, 7) is 4.42. The second kappa shape index (κ2) is 3.99. The predicted octanol–water partition coefficient (Wildman–Crippen LogP) is 1.69. The lowest BCUT2D eigenvalue weighted by molar-refractivity contribution is 0.206. The molecule has 0 bridgehead atoms. The number of hydrogen-bond acceptors (Lipinski definition) is 1. The van der Waals surface area contributed by atoms with Crippen molar-refractivity contribution in [1.29, 1.82) is 0 Å². The van der Waals surface area contributed by atoms with Crippen molar-refractivity contribution in [3.8, 4) is 0 Å². The molecule has 1 N–H and O–H groups in total. The average Bonchev–Trinajstić information content (AvgIpc) is 2.35. The van der Waals surface area contributed by atoms with Crippen LogP contribution in [0, 0.1) is 11.8 Å². The summed E-state index contributed by atoms with van der Waals surface area (Å²) in [5.41, 5.74) is 0. The Bertz CT molecular complexity index is 181. The maximum atomic E-state index is 11.4. The summed E-state index contributed by atoms with van der Waals surface area (Å²) in [4.78, 5) is 13.0. The van der Waals surface area contributed by atoms with Crippen molar-refractivity contribution in [3.05, 3.63) is 0 Å². The molecule has 3 nitrogen and oxygen atoms in total. The molecule has 2 atom stereocenters. The van der Waals surface area contributed by atoms with Crippen molar-refractivity contribution in [3.63, 3.8) is 0 Å². The molecule has 0 radical (unpaired) electrons. The number of nitrogens with one attached hydrogen (secondary N) is 1. The Hall–Kier alpha value is -0.730. The van der Waals surface area contributed by atoms with E-state index < -0.39 is 0 Å². The van der Waals surface area contributed by atoms with Gasteiger partial charge in [-0.2, -0.15) is 0 Å². The highest BCUT2D eigenvalue weighted by Crippen LogP contribution is 2.30. The summed E-state index contributed by atoms with van der Waals surface area (Å²) in [6.07, 6.45) is 2.47. The first kappa shape index (κ1) is 10.4. The molecule has 76 valence electrons. The fourth-order valence-corrected chi connectivity index (χ4v) is 2.00. The topological polar surface area (TPSA) is 32.3 Å². The van der Waals surface area contributed by atoms with E-state index in [1.165, 1.54) is 12.8 Å². The van der Waals surface area contributed by atoms with Crippen molar-refractivity contribution >= 4 is 6.03 Å². The molecular weight excluding hydrogens is 164 g/mol. The molecule has 2 unspecified atom stereocenters. The Morgan fingerprint density at radius 3 is 2.08 bits per heavy atom. The molecule has 0 aliphatic heterocycles. The Morgan fingerprint density at radius 1 is 1.23 bits per heavy atom. The zero-order valence-corrected chi connectivity index (χ0v) is 9.00. The molecular formula is C10H20N2O. The molecule has 3 heteroatoms. The quantitative estimate of drug-likeness (QED) is 0.661. The zero-order valence-electron chi connectivity index (χ0n) is 9.00. The number of hydrogen-bond donors (Lipinski definition) is 1. The van der Waals surface area contributed by atoms with Crippen molar-refractivity contribution in [2.24, 2.45) is 11.8 Å². The highest BCUT2D eigenvalue weighted by molar-refractivity contribution is 5.73. The Morgan fingerprint density at radius 2 is 1.69 bits per heavy atom. The molecule has 0 spiro atoms. The van der Waals surface area contributed by atoms with E-state index in [1.807, 2.05) is 0 Å². The van der Waals surface area contributed by atoms with E-state index in [9.17, 15) is 4.79 Å². The highest BCUT2D eigenvalue weighted by atomic mass is 16.2. The Kier molecular flexibility index (Phi) is 3.17. The van der Waals surface area contributed by atoms with Gasteiger partial charge < -0.3 is 10.2 Å². The van der Waals surface area contributed by atoms with Crippen molar-refractivity contribution < 1.29 is 4.79 Å². The van der Waals surface area contributed by atoms with E-state index in [2.05, 4.69) is 19.2 Å². The first-order valence-corrected chi connectivity index (χ1v) is 5.00. The minimum absolute atomic E-state index is 0.0330. The molecule has 1 aliphatic carbocycles. The standard InChI is InChI=1S/C10H20N2O/c1-7-5-6-8(2)9(7)11-10(13)12(3)4/h7-9H,5-6H2,1-4H3,(H,11,13). The summed E-state index contributed by atoms with van der Waals surface area (Å²) in [5, 5.41) is 3.06. The Balaban J connectivity index is 2.47. The van der Waals surface area contributed by atoms with Gasteiger partial charge in [-0.15, -0.1) is 0 Å². The lowest BCUT2D eigenvalue weighted by Gasteiger charge is -2.23. The molecule has 1 saturated carbocycles. The number of amides is 2. The molecule has 2 amide bonds. The molecule has 1 fully saturated rings. The first-order valence-electron chi connectivity index (χ1n) is 5.00. The number of rotatable bonds is 1. The second-order valence-corrected chi connectivity index (χ2v) is 4.40. The number of carbonyl (C=O) groups excluding carboxylic acids is 1. The van der Waals surface area contributed by atoms with Crippen LogP contribution < -0.4 is 5.32 Å². The van der Waals surface area contributed by atoms with Gasteiger partial charge in [0.1, 0.15) is 0 Å². The molecule has 0 aromatic rings. The number of urea groups is 1. The van der Waals surface area contributed by atoms with E-state index in [-0.39, 0.29) is 6.03 Å². The molecule has 1 rings (SSSR count). The summed E-state index contributed by atoms with van der Waals surface area (Å²) < 4.78 is 0. The third-order valence-electron chi connectivity index (χ3n) is 3.00. The van der Waals surface area contributed by atoms with Crippen molar-refractivity contribution in [2.75, 3.05) is 14.1 Å². The fraction of sp³-hybridized carbons (Fsp3) is 0.900. The third kappa shape index (κ3) is 2.36. The third-order valence-corrected chi connectivity index (χ3v) is 3.00. The monoisotopic (exact) mass is 184 g/mol. The van der Waals surface area contributed by atoms with Gasteiger partial charge in [0.25, 0.3) is 0 Å². The first-order chi connectivity index (χ1) is 6.02. The van der Waals surface area contributed by atoms with Gasteiger partial charge in [-0.3, -0.25) is 0 Å². The predicted molar refractivity (Wildman–Crippen MR) is 53.6 cm³/mol. The molecule has 0 heterocycles.